The second kappa shape index (κ2) is 20.0. The summed E-state index contributed by atoms with van der Waals surface area (Å²) in [6, 6.07) is 22.9. The highest BCUT2D eigenvalue weighted by Crippen LogP contribution is 2.68. The van der Waals surface area contributed by atoms with Crippen molar-refractivity contribution in [1.82, 2.24) is 4.86 Å². The molecule has 0 amide bonds. The van der Waals surface area contributed by atoms with Crippen LogP contribution >= 0.6 is 24.7 Å². The predicted molar refractivity (Wildman–Crippen MR) is 175 cm³/mol. The van der Waals surface area contributed by atoms with Gasteiger partial charge in [-0.15, -0.1) is 9.05 Å². The van der Waals surface area contributed by atoms with Gasteiger partial charge in [0.15, 0.2) is 0 Å². The Balaban J connectivity index is 1.89. The van der Waals surface area contributed by atoms with Crippen molar-refractivity contribution in [2.75, 3.05) is 41.2 Å². The van der Waals surface area contributed by atoms with Crippen LogP contribution in [0.15, 0.2) is 77.3 Å². The molecular formula is C30H43N2O9P3+2. The van der Waals surface area contributed by atoms with Crippen LogP contribution in [0.4, 0.5) is 0 Å². The normalized spacial score (nSPS) is 13.7. The van der Waals surface area contributed by atoms with Crippen LogP contribution in [0.5, 0.6) is 17.2 Å². The smallest absolute Gasteiger partial charge is 0.497 e. The van der Waals surface area contributed by atoms with Gasteiger partial charge in [-0.25, -0.2) is 0 Å². The van der Waals surface area contributed by atoms with E-state index in [1.807, 2.05) is 93.6 Å². The van der Waals surface area contributed by atoms with E-state index in [9.17, 15) is 0 Å². The standard InChI is InChI=1S/C30H43N2O9P3/c1-7-36-42(38-22-25-10-16-28(33-4)17-11-25)31-44(40-9-3,41-24-27-14-20-30(35-6)21-15-27)32-43(37-8-2)39-23-26-12-18-29(34-5)19-13-26/h10-21,31H,7-9,22-24H2,1-6H3/q+2. The van der Waals surface area contributed by atoms with Gasteiger partial charge in [-0.3, -0.25) is 0 Å². The first-order valence-electron chi connectivity index (χ1n) is 14.2. The van der Waals surface area contributed by atoms with Gasteiger partial charge in [-0.1, -0.05) is 36.4 Å². The number of rotatable bonds is 21. The summed E-state index contributed by atoms with van der Waals surface area (Å²) in [6.07, 6.45) is 0. The summed E-state index contributed by atoms with van der Waals surface area (Å²) >= 11 is 0. The highest BCUT2D eigenvalue weighted by atomic mass is 31.3. The Bertz CT molecular complexity index is 1250. The molecule has 0 heterocycles. The molecule has 0 saturated carbocycles. The fourth-order valence-electron chi connectivity index (χ4n) is 3.54. The SMILES string of the molecule is CCOP(N[P+](N=[P+](OCC)OCc1ccc(OC)cc1)(OCC)OCc1ccc(OC)cc1)OCc1ccc(OC)cc1. The maximum atomic E-state index is 6.50. The van der Waals surface area contributed by atoms with Crippen LogP contribution in [-0.4, -0.2) is 41.2 Å². The van der Waals surface area contributed by atoms with Crippen LogP contribution in [-0.2, 0) is 47.0 Å². The number of hydrogen-bond acceptors (Lipinski definition) is 11. The molecule has 14 heteroatoms. The summed E-state index contributed by atoms with van der Waals surface area (Å²) in [5.74, 6) is 2.28. The van der Waals surface area contributed by atoms with E-state index in [4.69, 9.17) is 45.9 Å². The number of hydrogen-bond donors (Lipinski definition) is 1. The molecule has 44 heavy (non-hydrogen) atoms. The quantitative estimate of drug-likeness (QED) is 0.111. The Labute approximate surface area is 263 Å². The van der Waals surface area contributed by atoms with Gasteiger partial charge in [0.1, 0.15) is 37.1 Å². The highest BCUT2D eigenvalue weighted by molar-refractivity contribution is 7.74. The first kappa shape index (κ1) is 36.2. The summed E-state index contributed by atoms with van der Waals surface area (Å²) in [6.45, 7) is 7.54. The first-order valence-corrected chi connectivity index (χ1v) is 18.0. The van der Waals surface area contributed by atoms with Gasteiger partial charge in [0.2, 0.25) is 4.52 Å². The predicted octanol–water partition coefficient (Wildman–Crippen LogP) is 8.76. The lowest BCUT2D eigenvalue weighted by atomic mass is 10.2. The van der Waals surface area contributed by atoms with Gasteiger partial charge >= 0.3 is 16.2 Å². The Morgan fingerprint density at radius 1 is 0.591 bits per heavy atom. The maximum absolute atomic E-state index is 6.50. The molecule has 0 bridgehead atoms. The molecule has 0 aromatic heterocycles. The zero-order chi connectivity index (χ0) is 31.6. The molecular weight excluding hydrogens is 625 g/mol. The average molecular weight is 669 g/mol. The van der Waals surface area contributed by atoms with Crippen molar-refractivity contribution in [1.29, 1.82) is 0 Å². The van der Waals surface area contributed by atoms with Crippen LogP contribution in [0.3, 0.4) is 0 Å². The second-order valence-corrected chi connectivity index (χ2v) is 13.9. The van der Waals surface area contributed by atoms with Gasteiger partial charge in [-0.2, -0.15) is 9.05 Å². The van der Waals surface area contributed by atoms with Crippen LogP contribution in [0.2, 0.25) is 0 Å². The molecule has 0 spiro atoms. The molecule has 0 aliphatic rings. The van der Waals surface area contributed by atoms with E-state index in [1.54, 1.807) is 21.3 Å². The summed E-state index contributed by atoms with van der Waals surface area (Å²) in [7, 11) is -1.84. The Kier molecular flexibility index (Phi) is 16.4. The third-order valence-corrected chi connectivity index (χ3v) is 11.7. The van der Waals surface area contributed by atoms with E-state index >= 15 is 0 Å². The molecule has 11 nitrogen and oxygen atoms in total. The lowest BCUT2D eigenvalue weighted by molar-refractivity contribution is 0.214. The lowest BCUT2D eigenvalue weighted by Crippen LogP contribution is -2.17. The molecule has 3 aromatic rings. The van der Waals surface area contributed by atoms with Gasteiger partial charge in [0.05, 0.1) is 41.2 Å². The van der Waals surface area contributed by atoms with Gasteiger partial charge < -0.3 is 23.3 Å². The molecule has 1 N–H and O–H groups in total. The van der Waals surface area contributed by atoms with Crippen molar-refractivity contribution in [2.45, 2.75) is 40.6 Å². The van der Waals surface area contributed by atoms with E-state index < -0.39 is 24.7 Å². The number of methoxy groups -OCH3 is 3. The van der Waals surface area contributed by atoms with Gasteiger partial charge in [0.25, 0.3) is 8.53 Å². The van der Waals surface area contributed by atoms with Crippen molar-refractivity contribution in [3.05, 3.63) is 89.5 Å². The Morgan fingerprint density at radius 3 is 1.55 bits per heavy atom. The van der Waals surface area contributed by atoms with Crippen LogP contribution < -0.4 is 19.1 Å². The van der Waals surface area contributed by atoms with E-state index in [0.717, 1.165) is 33.9 Å². The number of nitrogens with zero attached hydrogens (tertiary/aromatic N) is 1. The fraction of sp³-hybridized carbons (Fsp3) is 0.400. The minimum Gasteiger partial charge on any atom is -0.497 e. The van der Waals surface area contributed by atoms with E-state index in [-0.39, 0.29) is 13.2 Å². The van der Waals surface area contributed by atoms with Crippen LogP contribution in [0.25, 0.3) is 0 Å². The summed E-state index contributed by atoms with van der Waals surface area (Å²) in [4.78, 5) is 3.37. The molecule has 3 aromatic carbocycles. The largest absolute Gasteiger partial charge is 0.605 e. The summed E-state index contributed by atoms with van der Waals surface area (Å²) < 4.78 is 57.9. The molecule has 240 valence electrons. The van der Waals surface area contributed by atoms with Gasteiger partial charge in [-0.05, 0) is 78.7 Å². The lowest BCUT2D eigenvalue weighted by Gasteiger charge is -2.21. The van der Waals surface area contributed by atoms with Crippen LogP contribution in [0, 0.1) is 0 Å². The number of benzene rings is 3. The first-order chi connectivity index (χ1) is 21.5. The minimum absolute atomic E-state index is 0.204. The Hall–Kier alpha value is -2.26. The van der Waals surface area contributed by atoms with Crippen molar-refractivity contribution in [3.8, 4) is 17.2 Å². The molecule has 0 radical (unpaired) electrons. The second-order valence-electron chi connectivity index (χ2n) is 8.82. The molecule has 3 rings (SSSR count). The molecule has 0 fully saturated rings. The van der Waals surface area contributed by atoms with Gasteiger partial charge in [0, 0.05) is 0 Å². The molecule has 3 atom stereocenters. The van der Waals surface area contributed by atoms with Crippen molar-refractivity contribution in [3.63, 3.8) is 0 Å². The fourth-order valence-corrected chi connectivity index (χ4v) is 9.29. The molecule has 0 aliphatic heterocycles. The molecule has 3 unspecified atom stereocenters. The zero-order valence-corrected chi connectivity index (χ0v) is 28.8. The average Bonchev–Trinajstić information content (AvgIpc) is 3.06. The summed E-state index contributed by atoms with van der Waals surface area (Å²) in [5.41, 5.74) is 2.81. The molecule has 0 saturated heterocycles. The van der Waals surface area contributed by atoms with Crippen molar-refractivity contribution in [2.24, 2.45) is 4.52 Å². The topological polar surface area (TPSA) is 107 Å². The molecule has 0 aliphatic carbocycles. The third-order valence-electron chi connectivity index (χ3n) is 5.76. The summed E-state index contributed by atoms with van der Waals surface area (Å²) in [5, 5.41) is 0. The van der Waals surface area contributed by atoms with E-state index in [2.05, 4.69) is 4.86 Å². The third kappa shape index (κ3) is 12.3. The Morgan fingerprint density at radius 2 is 1.09 bits per heavy atom. The highest BCUT2D eigenvalue weighted by Gasteiger charge is 2.55. The maximum Gasteiger partial charge on any atom is 0.605 e. The van der Waals surface area contributed by atoms with E-state index in [0.29, 0.717) is 26.4 Å². The van der Waals surface area contributed by atoms with Crippen LogP contribution in [0.1, 0.15) is 37.5 Å². The number of nitrogens with one attached hydrogen (secondary N) is 1. The van der Waals surface area contributed by atoms with Crippen molar-refractivity contribution >= 4 is 24.7 Å². The number of ether oxygens (including phenoxy) is 3. The minimum atomic E-state index is -3.26. The zero-order valence-electron chi connectivity index (χ0n) is 26.1. The van der Waals surface area contributed by atoms with E-state index in [1.165, 1.54) is 0 Å². The monoisotopic (exact) mass is 668 g/mol. The van der Waals surface area contributed by atoms with Crippen molar-refractivity contribution < 1.29 is 41.4 Å².